The molecule has 1 heterocycles. The monoisotopic (exact) mass is 234 g/mol. The first-order valence-corrected chi connectivity index (χ1v) is 6.64. The Morgan fingerprint density at radius 3 is 2.76 bits per heavy atom. The van der Waals surface area contributed by atoms with Gasteiger partial charge in [-0.2, -0.15) is 0 Å². The molecule has 1 saturated carbocycles. The number of hydrogen-bond acceptors (Lipinski definition) is 2. The normalized spacial score (nSPS) is 19.5. The van der Waals surface area contributed by atoms with Crippen LogP contribution in [0, 0.1) is 0 Å². The molecule has 1 aliphatic heterocycles. The van der Waals surface area contributed by atoms with E-state index < -0.39 is 0 Å². The molecular weight excluding hydrogens is 214 g/mol. The largest absolute Gasteiger partial charge is 0.454 e. The lowest BCUT2D eigenvalue weighted by Crippen LogP contribution is -2.88. The van der Waals surface area contributed by atoms with Gasteiger partial charge in [-0.05, 0) is 43.9 Å². The number of benzene rings is 1. The van der Waals surface area contributed by atoms with Gasteiger partial charge in [-0.1, -0.05) is 6.42 Å². The predicted octanol–water partition coefficient (Wildman–Crippen LogP) is 1.81. The van der Waals surface area contributed by atoms with E-state index in [9.17, 15) is 0 Å². The van der Waals surface area contributed by atoms with E-state index in [1.807, 2.05) is 6.07 Å². The number of hydrogen-bond donors (Lipinski definition) is 1. The molecule has 0 amide bonds. The third-order valence-electron chi connectivity index (χ3n) is 3.77. The summed E-state index contributed by atoms with van der Waals surface area (Å²) in [5, 5.41) is 2.48. The highest BCUT2D eigenvalue weighted by Crippen LogP contribution is 2.32. The summed E-state index contributed by atoms with van der Waals surface area (Å²) in [6.45, 7) is 1.42. The molecule has 2 aliphatic rings. The van der Waals surface area contributed by atoms with Crippen LogP contribution in [0.15, 0.2) is 18.2 Å². The SMILES string of the molecule is c1cc2c(cc1C[NH2+]C1CCCCC1)OCO2. The van der Waals surface area contributed by atoms with E-state index in [0.29, 0.717) is 6.79 Å². The van der Waals surface area contributed by atoms with Gasteiger partial charge in [0.15, 0.2) is 11.5 Å². The van der Waals surface area contributed by atoms with Crippen LogP contribution in [-0.2, 0) is 6.54 Å². The van der Waals surface area contributed by atoms with Gasteiger partial charge in [0.25, 0.3) is 0 Å². The maximum absolute atomic E-state index is 5.39. The maximum atomic E-state index is 5.39. The minimum atomic E-state index is 0.366. The second-order valence-corrected chi connectivity index (χ2v) is 5.03. The molecule has 0 aromatic heterocycles. The molecule has 1 aliphatic carbocycles. The van der Waals surface area contributed by atoms with E-state index in [0.717, 1.165) is 24.1 Å². The maximum Gasteiger partial charge on any atom is 0.231 e. The lowest BCUT2D eigenvalue weighted by atomic mass is 9.95. The van der Waals surface area contributed by atoms with E-state index in [2.05, 4.69) is 17.4 Å². The van der Waals surface area contributed by atoms with Crippen LogP contribution in [0.1, 0.15) is 37.7 Å². The highest BCUT2D eigenvalue weighted by molar-refractivity contribution is 5.44. The van der Waals surface area contributed by atoms with Gasteiger partial charge in [-0.25, -0.2) is 0 Å². The van der Waals surface area contributed by atoms with E-state index >= 15 is 0 Å². The summed E-state index contributed by atoms with van der Waals surface area (Å²) in [4.78, 5) is 0. The van der Waals surface area contributed by atoms with E-state index in [-0.39, 0.29) is 0 Å². The van der Waals surface area contributed by atoms with E-state index in [4.69, 9.17) is 9.47 Å². The van der Waals surface area contributed by atoms with E-state index in [1.54, 1.807) is 0 Å². The summed E-state index contributed by atoms with van der Waals surface area (Å²) in [6, 6.07) is 7.11. The molecule has 2 N–H and O–H groups in total. The quantitative estimate of drug-likeness (QED) is 0.865. The third-order valence-corrected chi connectivity index (χ3v) is 3.77. The van der Waals surface area contributed by atoms with Gasteiger partial charge in [0, 0.05) is 5.56 Å². The van der Waals surface area contributed by atoms with Crippen LogP contribution in [-0.4, -0.2) is 12.8 Å². The summed E-state index contributed by atoms with van der Waals surface area (Å²) >= 11 is 0. The number of fused-ring (bicyclic) bond motifs is 1. The molecule has 0 bridgehead atoms. The molecule has 1 aromatic rings. The van der Waals surface area contributed by atoms with Crippen LogP contribution in [0.3, 0.4) is 0 Å². The molecule has 3 rings (SSSR count). The van der Waals surface area contributed by atoms with Crippen LogP contribution in [0.25, 0.3) is 0 Å². The number of ether oxygens (including phenoxy) is 2. The van der Waals surface area contributed by atoms with Crippen LogP contribution in [0.5, 0.6) is 11.5 Å². The van der Waals surface area contributed by atoms with Crippen molar-refractivity contribution in [2.24, 2.45) is 0 Å². The van der Waals surface area contributed by atoms with Gasteiger partial charge < -0.3 is 14.8 Å². The van der Waals surface area contributed by atoms with Crippen LogP contribution >= 0.6 is 0 Å². The Kier molecular flexibility index (Phi) is 3.18. The van der Waals surface area contributed by atoms with Crippen molar-refractivity contribution in [1.29, 1.82) is 0 Å². The van der Waals surface area contributed by atoms with Crippen molar-refractivity contribution >= 4 is 0 Å². The number of quaternary nitrogens is 1. The smallest absolute Gasteiger partial charge is 0.231 e. The Morgan fingerprint density at radius 1 is 1.06 bits per heavy atom. The lowest BCUT2D eigenvalue weighted by Gasteiger charge is -2.19. The predicted molar refractivity (Wildman–Crippen MR) is 65.1 cm³/mol. The molecule has 0 spiro atoms. The standard InChI is InChI=1S/C14H19NO2/c1-2-4-12(5-3-1)15-9-11-6-7-13-14(8-11)17-10-16-13/h6-8,12,15H,1-5,9-10H2/p+1. The summed E-state index contributed by atoms with van der Waals surface area (Å²) in [5.74, 6) is 1.78. The molecule has 92 valence electrons. The molecule has 3 nitrogen and oxygen atoms in total. The molecule has 3 heteroatoms. The molecule has 0 saturated heterocycles. The first kappa shape index (κ1) is 10.9. The zero-order valence-electron chi connectivity index (χ0n) is 10.2. The first-order valence-electron chi connectivity index (χ1n) is 6.64. The topological polar surface area (TPSA) is 35.1 Å². The average molecular weight is 234 g/mol. The fraction of sp³-hybridized carbons (Fsp3) is 0.571. The highest BCUT2D eigenvalue weighted by atomic mass is 16.7. The van der Waals surface area contributed by atoms with Gasteiger partial charge in [-0.15, -0.1) is 0 Å². The minimum Gasteiger partial charge on any atom is -0.454 e. The Hall–Kier alpha value is -1.22. The molecule has 0 unspecified atom stereocenters. The van der Waals surface area contributed by atoms with Crippen molar-refractivity contribution in [2.45, 2.75) is 44.7 Å². The molecule has 17 heavy (non-hydrogen) atoms. The summed E-state index contributed by atoms with van der Waals surface area (Å²) < 4.78 is 10.7. The Labute approximate surface area is 102 Å². The lowest BCUT2D eigenvalue weighted by molar-refractivity contribution is -0.706. The van der Waals surface area contributed by atoms with Gasteiger partial charge >= 0.3 is 0 Å². The van der Waals surface area contributed by atoms with Crippen molar-refractivity contribution < 1.29 is 14.8 Å². The number of rotatable bonds is 3. The van der Waals surface area contributed by atoms with Gasteiger partial charge in [0.2, 0.25) is 6.79 Å². The van der Waals surface area contributed by atoms with Crippen molar-refractivity contribution in [2.75, 3.05) is 6.79 Å². The van der Waals surface area contributed by atoms with Gasteiger partial charge in [0.1, 0.15) is 6.54 Å². The number of nitrogens with two attached hydrogens (primary N) is 1. The fourth-order valence-electron chi connectivity index (χ4n) is 2.74. The van der Waals surface area contributed by atoms with E-state index in [1.165, 1.54) is 37.7 Å². The zero-order valence-corrected chi connectivity index (χ0v) is 10.2. The average Bonchev–Trinajstić information content (AvgIpc) is 2.85. The highest BCUT2D eigenvalue weighted by Gasteiger charge is 2.17. The van der Waals surface area contributed by atoms with Crippen molar-refractivity contribution in [3.63, 3.8) is 0 Å². The van der Waals surface area contributed by atoms with Crippen LogP contribution in [0.2, 0.25) is 0 Å². The van der Waals surface area contributed by atoms with Crippen LogP contribution in [0.4, 0.5) is 0 Å². The Bertz CT molecular complexity index is 386. The summed E-state index contributed by atoms with van der Waals surface area (Å²) in [7, 11) is 0. The van der Waals surface area contributed by atoms with Crippen molar-refractivity contribution in [1.82, 2.24) is 0 Å². The summed E-state index contributed by atoms with van der Waals surface area (Å²) in [5.41, 5.74) is 1.33. The Balaban J connectivity index is 1.57. The molecular formula is C14H20NO2+. The van der Waals surface area contributed by atoms with Crippen molar-refractivity contribution in [3.8, 4) is 11.5 Å². The molecule has 1 aromatic carbocycles. The zero-order chi connectivity index (χ0) is 11.5. The Morgan fingerprint density at radius 2 is 1.88 bits per heavy atom. The second kappa shape index (κ2) is 4.96. The second-order valence-electron chi connectivity index (χ2n) is 5.03. The molecule has 0 atom stereocenters. The fourth-order valence-corrected chi connectivity index (χ4v) is 2.74. The molecule has 0 radical (unpaired) electrons. The van der Waals surface area contributed by atoms with Crippen LogP contribution < -0.4 is 14.8 Å². The van der Waals surface area contributed by atoms with Gasteiger partial charge in [-0.3, -0.25) is 0 Å². The van der Waals surface area contributed by atoms with Gasteiger partial charge in [0.05, 0.1) is 6.04 Å². The summed E-state index contributed by atoms with van der Waals surface area (Å²) in [6.07, 6.45) is 6.99. The molecule has 1 fully saturated rings. The minimum absolute atomic E-state index is 0.366. The van der Waals surface area contributed by atoms with Crippen molar-refractivity contribution in [3.05, 3.63) is 23.8 Å². The first-order chi connectivity index (χ1) is 8.42. The third kappa shape index (κ3) is 2.55.